The van der Waals surface area contributed by atoms with Crippen LogP contribution in [0.15, 0.2) is 42.6 Å². The lowest BCUT2D eigenvalue weighted by Crippen LogP contribution is -2.48. The SMILES string of the molecule is CCN1CCN(C(=O)c2cc(C(=O)Nc3ccc(C(C)=O)cc3)ccn2)CC1. The number of piperazine rings is 1. The van der Waals surface area contributed by atoms with Gasteiger partial charge in [0.2, 0.25) is 0 Å². The minimum absolute atomic E-state index is 0.0325. The molecule has 1 aromatic heterocycles. The summed E-state index contributed by atoms with van der Waals surface area (Å²) in [5.41, 5.74) is 1.79. The van der Waals surface area contributed by atoms with Gasteiger partial charge in [0.05, 0.1) is 0 Å². The highest BCUT2D eigenvalue weighted by molar-refractivity contribution is 6.06. The first kappa shape index (κ1) is 19.7. The number of hydrogen-bond acceptors (Lipinski definition) is 5. The van der Waals surface area contributed by atoms with Crippen LogP contribution in [-0.2, 0) is 0 Å². The fourth-order valence-electron chi connectivity index (χ4n) is 3.11. The van der Waals surface area contributed by atoms with Gasteiger partial charge in [-0.3, -0.25) is 19.4 Å². The van der Waals surface area contributed by atoms with Crippen molar-refractivity contribution in [3.63, 3.8) is 0 Å². The van der Waals surface area contributed by atoms with Crippen molar-refractivity contribution in [2.45, 2.75) is 13.8 Å². The predicted molar refractivity (Wildman–Crippen MR) is 107 cm³/mol. The highest BCUT2D eigenvalue weighted by Gasteiger charge is 2.23. The van der Waals surface area contributed by atoms with Crippen molar-refractivity contribution in [2.24, 2.45) is 0 Å². The Balaban J connectivity index is 1.67. The number of amides is 2. The summed E-state index contributed by atoms with van der Waals surface area (Å²) in [6.45, 7) is 7.58. The summed E-state index contributed by atoms with van der Waals surface area (Å²) in [7, 11) is 0. The van der Waals surface area contributed by atoms with Crippen molar-refractivity contribution in [2.75, 3.05) is 38.0 Å². The molecule has 0 unspecified atom stereocenters. The molecule has 1 fully saturated rings. The van der Waals surface area contributed by atoms with E-state index in [4.69, 9.17) is 0 Å². The Kier molecular flexibility index (Phi) is 6.16. The molecular formula is C21H24N4O3. The fraction of sp³-hybridized carbons (Fsp3) is 0.333. The minimum atomic E-state index is -0.331. The second-order valence-corrected chi connectivity index (χ2v) is 6.74. The lowest BCUT2D eigenvalue weighted by atomic mass is 10.1. The fourth-order valence-corrected chi connectivity index (χ4v) is 3.11. The maximum absolute atomic E-state index is 12.7. The number of rotatable bonds is 5. The van der Waals surface area contributed by atoms with Crippen LogP contribution in [0.4, 0.5) is 5.69 Å². The van der Waals surface area contributed by atoms with Crippen LogP contribution in [-0.4, -0.2) is 65.1 Å². The summed E-state index contributed by atoms with van der Waals surface area (Å²) in [6.07, 6.45) is 1.48. The monoisotopic (exact) mass is 380 g/mol. The number of likely N-dealkylation sites (N-methyl/N-ethyl adjacent to an activating group) is 1. The zero-order valence-corrected chi connectivity index (χ0v) is 16.1. The Labute approximate surface area is 164 Å². The van der Waals surface area contributed by atoms with E-state index < -0.39 is 0 Å². The Morgan fingerprint density at radius 1 is 1.00 bits per heavy atom. The smallest absolute Gasteiger partial charge is 0.272 e. The van der Waals surface area contributed by atoms with Gasteiger partial charge in [-0.25, -0.2) is 0 Å². The molecule has 0 aliphatic carbocycles. The molecule has 1 saturated heterocycles. The van der Waals surface area contributed by atoms with Gasteiger partial charge in [0.25, 0.3) is 11.8 Å². The number of pyridine rings is 1. The van der Waals surface area contributed by atoms with Crippen LogP contribution in [0.25, 0.3) is 0 Å². The summed E-state index contributed by atoms with van der Waals surface area (Å²) in [5.74, 6) is -0.519. The van der Waals surface area contributed by atoms with E-state index in [1.807, 2.05) is 0 Å². The Bertz CT molecular complexity index is 871. The third-order valence-electron chi connectivity index (χ3n) is 4.90. The van der Waals surface area contributed by atoms with E-state index in [0.717, 1.165) is 19.6 Å². The summed E-state index contributed by atoms with van der Waals surface area (Å²) in [6, 6.07) is 9.77. The van der Waals surface area contributed by atoms with Gasteiger partial charge < -0.3 is 15.1 Å². The molecule has 0 atom stereocenters. The third kappa shape index (κ3) is 4.61. The number of aromatic nitrogens is 1. The Hall–Kier alpha value is -3.06. The lowest BCUT2D eigenvalue weighted by Gasteiger charge is -2.33. The van der Waals surface area contributed by atoms with Crippen LogP contribution in [0.1, 0.15) is 45.1 Å². The summed E-state index contributed by atoms with van der Waals surface area (Å²) < 4.78 is 0. The molecule has 0 saturated carbocycles. The number of nitrogens with zero attached hydrogens (tertiary/aromatic N) is 3. The second kappa shape index (κ2) is 8.75. The van der Waals surface area contributed by atoms with Crippen LogP contribution in [0, 0.1) is 0 Å². The van der Waals surface area contributed by atoms with Gasteiger partial charge in [0.1, 0.15) is 5.69 Å². The second-order valence-electron chi connectivity index (χ2n) is 6.74. The van der Waals surface area contributed by atoms with Crippen LogP contribution in [0.2, 0.25) is 0 Å². The quantitative estimate of drug-likeness (QED) is 0.805. The van der Waals surface area contributed by atoms with E-state index in [1.54, 1.807) is 35.2 Å². The number of ketones is 1. The van der Waals surface area contributed by atoms with Crippen molar-refractivity contribution in [3.05, 3.63) is 59.4 Å². The number of nitrogens with one attached hydrogen (secondary N) is 1. The first-order chi connectivity index (χ1) is 13.5. The van der Waals surface area contributed by atoms with Gasteiger partial charge in [-0.15, -0.1) is 0 Å². The molecule has 7 heteroatoms. The molecule has 0 radical (unpaired) electrons. The molecule has 1 N–H and O–H groups in total. The van der Waals surface area contributed by atoms with Crippen molar-refractivity contribution in [1.29, 1.82) is 0 Å². The zero-order valence-electron chi connectivity index (χ0n) is 16.1. The molecule has 1 aliphatic rings. The molecule has 7 nitrogen and oxygen atoms in total. The molecule has 0 spiro atoms. The third-order valence-corrected chi connectivity index (χ3v) is 4.90. The summed E-state index contributed by atoms with van der Waals surface area (Å²) in [4.78, 5) is 44.8. The number of hydrogen-bond donors (Lipinski definition) is 1. The highest BCUT2D eigenvalue weighted by atomic mass is 16.2. The average Bonchev–Trinajstić information content (AvgIpc) is 2.73. The largest absolute Gasteiger partial charge is 0.335 e. The topological polar surface area (TPSA) is 82.6 Å². The van der Waals surface area contributed by atoms with Crippen molar-refractivity contribution in [1.82, 2.24) is 14.8 Å². The molecule has 0 bridgehead atoms. The maximum Gasteiger partial charge on any atom is 0.272 e. The number of anilines is 1. The van der Waals surface area contributed by atoms with Gasteiger partial charge in [0.15, 0.2) is 5.78 Å². The first-order valence-corrected chi connectivity index (χ1v) is 9.38. The van der Waals surface area contributed by atoms with E-state index in [0.29, 0.717) is 29.9 Å². The molecule has 3 rings (SSSR count). The zero-order chi connectivity index (χ0) is 20.1. The van der Waals surface area contributed by atoms with Crippen LogP contribution < -0.4 is 5.32 Å². The van der Waals surface area contributed by atoms with Crippen molar-refractivity contribution < 1.29 is 14.4 Å². The molecule has 2 amide bonds. The highest BCUT2D eigenvalue weighted by Crippen LogP contribution is 2.13. The number of carbonyl (C=O) groups is 3. The summed E-state index contributed by atoms with van der Waals surface area (Å²) in [5, 5.41) is 2.77. The summed E-state index contributed by atoms with van der Waals surface area (Å²) >= 11 is 0. The van der Waals surface area contributed by atoms with Gasteiger partial charge in [-0.2, -0.15) is 0 Å². The lowest BCUT2D eigenvalue weighted by molar-refractivity contribution is 0.0637. The van der Waals surface area contributed by atoms with Gasteiger partial charge >= 0.3 is 0 Å². The van der Waals surface area contributed by atoms with E-state index in [9.17, 15) is 14.4 Å². The van der Waals surface area contributed by atoms with E-state index in [2.05, 4.69) is 22.1 Å². The predicted octanol–water partition coefficient (Wildman–Crippen LogP) is 2.31. The van der Waals surface area contributed by atoms with Crippen LogP contribution >= 0.6 is 0 Å². The molecule has 1 aliphatic heterocycles. The van der Waals surface area contributed by atoms with E-state index in [1.165, 1.54) is 19.2 Å². The first-order valence-electron chi connectivity index (χ1n) is 9.38. The molecule has 28 heavy (non-hydrogen) atoms. The normalized spacial score (nSPS) is 14.6. The van der Waals surface area contributed by atoms with Crippen molar-refractivity contribution >= 4 is 23.3 Å². The minimum Gasteiger partial charge on any atom is -0.335 e. The molecule has 146 valence electrons. The number of Topliss-reactive ketones (excluding diaryl/α,β-unsaturated/α-hetero) is 1. The maximum atomic E-state index is 12.7. The standard InChI is InChI=1S/C21H24N4O3/c1-3-24-10-12-25(13-11-24)21(28)19-14-17(8-9-22-19)20(27)23-18-6-4-16(5-7-18)15(2)26/h4-9,14H,3,10-13H2,1-2H3,(H,23,27). The number of benzene rings is 1. The van der Waals surface area contributed by atoms with Gasteiger partial charge in [-0.1, -0.05) is 6.92 Å². The number of carbonyl (C=O) groups excluding carboxylic acids is 3. The van der Waals surface area contributed by atoms with E-state index in [-0.39, 0.29) is 23.3 Å². The molecule has 2 aromatic rings. The van der Waals surface area contributed by atoms with Gasteiger partial charge in [0, 0.05) is 49.2 Å². The Morgan fingerprint density at radius 2 is 1.68 bits per heavy atom. The van der Waals surface area contributed by atoms with Gasteiger partial charge in [-0.05, 0) is 49.9 Å². The van der Waals surface area contributed by atoms with Crippen molar-refractivity contribution in [3.8, 4) is 0 Å². The van der Waals surface area contributed by atoms with E-state index >= 15 is 0 Å². The molecule has 2 heterocycles. The molecular weight excluding hydrogens is 356 g/mol. The molecule has 1 aromatic carbocycles. The Morgan fingerprint density at radius 3 is 2.29 bits per heavy atom. The van der Waals surface area contributed by atoms with Crippen LogP contribution in [0.3, 0.4) is 0 Å². The average molecular weight is 380 g/mol. The van der Waals surface area contributed by atoms with Crippen LogP contribution in [0.5, 0.6) is 0 Å².